The average Bonchev–Trinajstić information content (AvgIpc) is 2.27. The van der Waals surface area contributed by atoms with Crippen LogP contribution in [-0.2, 0) is 4.74 Å². The van der Waals surface area contributed by atoms with Gasteiger partial charge in [-0.15, -0.1) is 0 Å². The maximum atomic E-state index is 12.1. The second kappa shape index (κ2) is 5.82. The molecule has 1 amide bonds. The summed E-state index contributed by atoms with van der Waals surface area (Å²) in [7, 11) is 0. The van der Waals surface area contributed by atoms with Crippen molar-refractivity contribution in [2.45, 2.75) is 39.7 Å². The van der Waals surface area contributed by atoms with E-state index in [0.29, 0.717) is 12.2 Å². The van der Waals surface area contributed by atoms with Crippen LogP contribution in [0.15, 0.2) is 18.2 Å². The number of nitrogens with zero attached hydrogens (tertiary/aromatic N) is 1. The number of phenolic OH excluding ortho intramolecular Hbond substituents is 2. The van der Waals surface area contributed by atoms with E-state index in [1.54, 1.807) is 26.8 Å². The van der Waals surface area contributed by atoms with Crippen LogP contribution in [0.1, 0.15) is 34.1 Å². The molecule has 0 bridgehead atoms. The predicted octanol–water partition coefficient (Wildman–Crippen LogP) is 3.25. The van der Waals surface area contributed by atoms with Gasteiger partial charge >= 0.3 is 6.09 Å². The number of benzene rings is 1. The number of amides is 1. The number of aromatic hydroxyl groups is 2. The van der Waals surface area contributed by atoms with E-state index in [1.807, 2.05) is 6.92 Å². The lowest BCUT2D eigenvalue weighted by Crippen LogP contribution is -2.37. The molecule has 0 radical (unpaired) electrons. The molecular formula is C14H21NO4. The number of phenols is 2. The summed E-state index contributed by atoms with van der Waals surface area (Å²) in [6.45, 7) is 7.80. The molecule has 0 fully saturated rings. The zero-order chi connectivity index (χ0) is 14.6. The second-order valence-electron chi connectivity index (χ2n) is 5.30. The first-order valence-corrected chi connectivity index (χ1v) is 6.27. The minimum absolute atomic E-state index is 0.218. The minimum atomic E-state index is -0.581. The molecule has 19 heavy (non-hydrogen) atoms. The molecule has 2 N–H and O–H groups in total. The van der Waals surface area contributed by atoms with Gasteiger partial charge in [0, 0.05) is 12.6 Å². The fourth-order valence-electron chi connectivity index (χ4n) is 1.55. The van der Waals surface area contributed by atoms with Gasteiger partial charge in [-0.1, -0.05) is 6.92 Å². The van der Waals surface area contributed by atoms with E-state index in [0.717, 1.165) is 6.42 Å². The quantitative estimate of drug-likeness (QED) is 0.825. The molecule has 0 unspecified atom stereocenters. The third-order valence-corrected chi connectivity index (χ3v) is 2.33. The Labute approximate surface area is 113 Å². The lowest BCUT2D eigenvalue weighted by molar-refractivity contribution is 0.0580. The van der Waals surface area contributed by atoms with Gasteiger partial charge in [0.2, 0.25) is 0 Å². The van der Waals surface area contributed by atoms with E-state index in [1.165, 1.54) is 17.0 Å². The van der Waals surface area contributed by atoms with Gasteiger partial charge < -0.3 is 14.9 Å². The third kappa shape index (κ3) is 4.35. The second-order valence-corrected chi connectivity index (χ2v) is 5.30. The van der Waals surface area contributed by atoms with E-state index in [9.17, 15) is 15.0 Å². The number of hydrogen-bond donors (Lipinski definition) is 2. The van der Waals surface area contributed by atoms with Gasteiger partial charge in [0.1, 0.15) is 5.60 Å². The van der Waals surface area contributed by atoms with Gasteiger partial charge in [-0.3, -0.25) is 4.90 Å². The van der Waals surface area contributed by atoms with Crippen LogP contribution in [0, 0.1) is 0 Å². The van der Waals surface area contributed by atoms with Crippen LogP contribution < -0.4 is 4.90 Å². The normalized spacial score (nSPS) is 11.2. The van der Waals surface area contributed by atoms with E-state index >= 15 is 0 Å². The number of carbonyl (C=O) groups excluding carboxylic acids is 1. The molecule has 0 saturated carbocycles. The molecule has 1 aromatic carbocycles. The summed E-state index contributed by atoms with van der Waals surface area (Å²) >= 11 is 0. The SMILES string of the molecule is CCCN(C(=O)OC(C)(C)C)c1ccc(O)c(O)c1. The number of anilines is 1. The van der Waals surface area contributed by atoms with Crippen molar-refractivity contribution in [2.75, 3.05) is 11.4 Å². The number of rotatable bonds is 3. The fraction of sp³-hybridized carbons (Fsp3) is 0.500. The highest BCUT2D eigenvalue weighted by Gasteiger charge is 2.23. The molecule has 1 rings (SSSR count). The van der Waals surface area contributed by atoms with Gasteiger partial charge in [-0.05, 0) is 39.3 Å². The first-order valence-electron chi connectivity index (χ1n) is 6.27. The van der Waals surface area contributed by atoms with Crippen molar-refractivity contribution in [1.29, 1.82) is 0 Å². The van der Waals surface area contributed by atoms with E-state index in [2.05, 4.69) is 0 Å². The monoisotopic (exact) mass is 267 g/mol. The topological polar surface area (TPSA) is 70.0 Å². The molecule has 0 heterocycles. The van der Waals surface area contributed by atoms with Crippen LogP contribution in [0.4, 0.5) is 10.5 Å². The van der Waals surface area contributed by atoms with Gasteiger partial charge in [-0.25, -0.2) is 4.79 Å². The lowest BCUT2D eigenvalue weighted by Gasteiger charge is -2.27. The molecule has 5 nitrogen and oxygen atoms in total. The Balaban J connectivity index is 2.99. The van der Waals surface area contributed by atoms with Crippen molar-refractivity contribution >= 4 is 11.8 Å². The summed E-state index contributed by atoms with van der Waals surface area (Å²) in [5.74, 6) is -0.480. The van der Waals surface area contributed by atoms with Crippen molar-refractivity contribution in [3.8, 4) is 11.5 Å². The van der Waals surface area contributed by atoms with Crippen LogP contribution in [0.3, 0.4) is 0 Å². The summed E-state index contributed by atoms with van der Waals surface area (Å²) < 4.78 is 5.32. The lowest BCUT2D eigenvalue weighted by atomic mass is 10.2. The number of carbonyl (C=O) groups is 1. The molecule has 5 heteroatoms. The molecule has 0 aliphatic heterocycles. The smallest absolute Gasteiger partial charge is 0.414 e. The van der Waals surface area contributed by atoms with Crippen LogP contribution >= 0.6 is 0 Å². The Hall–Kier alpha value is -1.91. The van der Waals surface area contributed by atoms with Crippen LogP contribution in [0.5, 0.6) is 11.5 Å². The molecule has 0 aliphatic carbocycles. The molecule has 0 spiro atoms. The third-order valence-electron chi connectivity index (χ3n) is 2.33. The standard InChI is InChI=1S/C14H21NO4/c1-5-8-15(13(18)19-14(2,3)4)10-6-7-11(16)12(17)9-10/h6-7,9,16-17H,5,8H2,1-4H3. The van der Waals surface area contributed by atoms with Crippen LogP contribution in [0.2, 0.25) is 0 Å². The molecule has 1 aromatic rings. The summed E-state index contributed by atoms with van der Waals surface area (Å²) in [4.78, 5) is 13.5. The largest absolute Gasteiger partial charge is 0.504 e. The van der Waals surface area contributed by atoms with Gasteiger partial charge in [0.25, 0.3) is 0 Å². The summed E-state index contributed by atoms with van der Waals surface area (Å²) in [5.41, 5.74) is -0.0893. The van der Waals surface area contributed by atoms with Crippen molar-refractivity contribution in [1.82, 2.24) is 0 Å². The molecule has 0 aliphatic rings. The molecular weight excluding hydrogens is 246 g/mol. The van der Waals surface area contributed by atoms with Gasteiger partial charge in [0.15, 0.2) is 11.5 Å². The average molecular weight is 267 g/mol. The van der Waals surface area contributed by atoms with Gasteiger partial charge in [-0.2, -0.15) is 0 Å². The van der Waals surface area contributed by atoms with Crippen molar-refractivity contribution < 1.29 is 19.7 Å². The van der Waals surface area contributed by atoms with E-state index < -0.39 is 11.7 Å². The number of hydrogen-bond acceptors (Lipinski definition) is 4. The molecule has 0 aromatic heterocycles. The highest BCUT2D eigenvalue weighted by molar-refractivity contribution is 5.88. The van der Waals surface area contributed by atoms with Crippen LogP contribution in [0.25, 0.3) is 0 Å². The van der Waals surface area contributed by atoms with Gasteiger partial charge in [0.05, 0.1) is 5.69 Å². The fourth-order valence-corrected chi connectivity index (χ4v) is 1.55. The zero-order valence-corrected chi connectivity index (χ0v) is 11.8. The predicted molar refractivity (Wildman–Crippen MR) is 73.6 cm³/mol. The number of ether oxygens (including phenoxy) is 1. The van der Waals surface area contributed by atoms with Crippen molar-refractivity contribution in [2.24, 2.45) is 0 Å². The first kappa shape index (κ1) is 15.1. The highest BCUT2D eigenvalue weighted by atomic mass is 16.6. The Morgan fingerprint density at radius 3 is 2.37 bits per heavy atom. The minimum Gasteiger partial charge on any atom is -0.504 e. The molecule has 106 valence electrons. The Bertz CT molecular complexity index is 451. The summed E-state index contributed by atoms with van der Waals surface area (Å²) in [5, 5.41) is 18.8. The molecule has 0 saturated heterocycles. The first-order chi connectivity index (χ1) is 8.74. The van der Waals surface area contributed by atoms with Crippen molar-refractivity contribution in [3.63, 3.8) is 0 Å². The highest BCUT2D eigenvalue weighted by Crippen LogP contribution is 2.30. The van der Waals surface area contributed by atoms with E-state index in [4.69, 9.17) is 4.74 Å². The Morgan fingerprint density at radius 1 is 1.26 bits per heavy atom. The summed E-state index contributed by atoms with van der Waals surface area (Å²) in [6, 6.07) is 4.25. The molecule has 0 atom stereocenters. The summed E-state index contributed by atoms with van der Waals surface area (Å²) in [6.07, 6.45) is 0.278. The Kier molecular flexibility index (Phi) is 4.64. The van der Waals surface area contributed by atoms with Crippen molar-refractivity contribution in [3.05, 3.63) is 18.2 Å². The van der Waals surface area contributed by atoms with Crippen LogP contribution in [-0.4, -0.2) is 28.5 Å². The zero-order valence-electron chi connectivity index (χ0n) is 11.8. The maximum absolute atomic E-state index is 12.1. The Morgan fingerprint density at radius 2 is 1.89 bits per heavy atom. The van der Waals surface area contributed by atoms with E-state index in [-0.39, 0.29) is 11.5 Å². The maximum Gasteiger partial charge on any atom is 0.414 e.